The average Bonchev–Trinajstić information content (AvgIpc) is 3.36. The lowest BCUT2D eigenvalue weighted by Gasteiger charge is -2.07. The molecule has 0 unspecified atom stereocenters. The molecule has 0 bridgehead atoms. The van der Waals surface area contributed by atoms with Gasteiger partial charge in [-0.05, 0) is 35.7 Å². The van der Waals surface area contributed by atoms with Gasteiger partial charge in [-0.3, -0.25) is 9.79 Å². The Morgan fingerprint density at radius 2 is 2.07 bits per heavy atom. The first-order chi connectivity index (χ1) is 13.7. The molecule has 1 atom stereocenters. The van der Waals surface area contributed by atoms with Crippen molar-refractivity contribution in [1.29, 1.82) is 0 Å². The molecule has 0 aliphatic carbocycles. The van der Waals surface area contributed by atoms with E-state index in [1.807, 2.05) is 42.6 Å². The third kappa shape index (κ3) is 4.22. The molecule has 0 fully saturated rings. The molecule has 6 heteroatoms. The van der Waals surface area contributed by atoms with Gasteiger partial charge in [0.15, 0.2) is 0 Å². The van der Waals surface area contributed by atoms with Gasteiger partial charge in [0.25, 0.3) is 0 Å². The second kappa shape index (κ2) is 8.52. The number of aromatic amines is 1. The van der Waals surface area contributed by atoms with Gasteiger partial charge in [0.2, 0.25) is 5.91 Å². The number of ether oxygens (including phenoxy) is 1. The smallest absolute Gasteiger partial charge is 0.245 e. The molecule has 0 saturated heterocycles. The molecule has 1 aliphatic heterocycles. The molecule has 2 aromatic carbocycles. The number of benzene rings is 2. The van der Waals surface area contributed by atoms with Crippen LogP contribution in [0.4, 0.5) is 0 Å². The first-order valence-electron chi connectivity index (χ1n) is 9.38. The van der Waals surface area contributed by atoms with E-state index >= 15 is 0 Å². The maximum absolute atomic E-state index is 12.5. The van der Waals surface area contributed by atoms with Crippen molar-refractivity contribution >= 4 is 33.6 Å². The van der Waals surface area contributed by atoms with Gasteiger partial charge < -0.3 is 15.0 Å². The van der Waals surface area contributed by atoms with Crippen LogP contribution < -0.4 is 10.1 Å². The Morgan fingerprint density at radius 1 is 1.25 bits per heavy atom. The van der Waals surface area contributed by atoms with Crippen LogP contribution >= 0.6 is 11.8 Å². The minimum absolute atomic E-state index is 0.0112. The zero-order valence-corrected chi connectivity index (χ0v) is 16.6. The topological polar surface area (TPSA) is 66.5 Å². The van der Waals surface area contributed by atoms with Crippen LogP contribution in [0.15, 0.2) is 59.7 Å². The summed E-state index contributed by atoms with van der Waals surface area (Å²) in [5.74, 6) is 1.57. The number of hydrogen-bond donors (Lipinski definition) is 2. The molecule has 0 saturated carbocycles. The van der Waals surface area contributed by atoms with Crippen LogP contribution in [0, 0.1) is 0 Å². The molecule has 3 aromatic rings. The van der Waals surface area contributed by atoms with Gasteiger partial charge in [-0.15, -0.1) is 11.8 Å². The summed E-state index contributed by atoms with van der Waals surface area (Å²) in [5.41, 5.74) is 3.52. The fourth-order valence-electron chi connectivity index (χ4n) is 3.35. The summed E-state index contributed by atoms with van der Waals surface area (Å²) >= 11 is 1.67. The second-order valence-corrected chi connectivity index (χ2v) is 7.87. The number of fused-ring (bicyclic) bond motifs is 1. The van der Waals surface area contributed by atoms with Crippen molar-refractivity contribution in [1.82, 2.24) is 10.3 Å². The molecule has 2 N–H and O–H groups in total. The van der Waals surface area contributed by atoms with E-state index in [0.717, 1.165) is 29.2 Å². The number of thioether (sulfide) groups is 1. The number of rotatable bonds is 7. The number of carbonyl (C=O) groups excluding carboxylic acids is 1. The predicted molar refractivity (Wildman–Crippen MR) is 115 cm³/mol. The number of aliphatic imine (C=N–C) groups is 1. The van der Waals surface area contributed by atoms with E-state index in [-0.39, 0.29) is 11.9 Å². The summed E-state index contributed by atoms with van der Waals surface area (Å²) in [5, 5.41) is 5.27. The van der Waals surface area contributed by atoms with E-state index < -0.39 is 0 Å². The number of nitrogens with one attached hydrogen (secondary N) is 2. The van der Waals surface area contributed by atoms with Gasteiger partial charge in [0.05, 0.1) is 12.2 Å². The van der Waals surface area contributed by atoms with Crippen molar-refractivity contribution < 1.29 is 9.53 Å². The number of carbonyl (C=O) groups is 1. The number of nitrogens with zero attached hydrogens (tertiary/aromatic N) is 1. The maximum Gasteiger partial charge on any atom is 0.245 e. The highest BCUT2D eigenvalue weighted by molar-refractivity contribution is 8.14. The van der Waals surface area contributed by atoms with Gasteiger partial charge in [0.1, 0.15) is 11.8 Å². The van der Waals surface area contributed by atoms with Gasteiger partial charge in [-0.25, -0.2) is 0 Å². The number of methoxy groups -OCH3 is 1. The Labute approximate surface area is 168 Å². The summed E-state index contributed by atoms with van der Waals surface area (Å²) in [6.07, 6.45) is 3.58. The van der Waals surface area contributed by atoms with Crippen LogP contribution in [0.25, 0.3) is 10.9 Å². The van der Waals surface area contributed by atoms with Crippen molar-refractivity contribution in [3.63, 3.8) is 0 Å². The van der Waals surface area contributed by atoms with Gasteiger partial charge in [-0.1, -0.05) is 30.3 Å². The fourth-order valence-corrected chi connectivity index (χ4v) is 4.40. The van der Waals surface area contributed by atoms with Crippen LogP contribution in [-0.4, -0.2) is 41.4 Å². The van der Waals surface area contributed by atoms with E-state index in [1.54, 1.807) is 18.9 Å². The van der Waals surface area contributed by atoms with E-state index in [9.17, 15) is 4.79 Å². The summed E-state index contributed by atoms with van der Waals surface area (Å²) in [6.45, 7) is 0.616. The molecule has 0 radical (unpaired) electrons. The fraction of sp³-hybridized carbons (Fsp3) is 0.273. The van der Waals surface area contributed by atoms with Crippen molar-refractivity contribution in [2.24, 2.45) is 4.99 Å². The van der Waals surface area contributed by atoms with Gasteiger partial charge >= 0.3 is 0 Å². The highest BCUT2D eigenvalue weighted by atomic mass is 32.2. The lowest BCUT2D eigenvalue weighted by atomic mass is 10.1. The lowest BCUT2D eigenvalue weighted by Crippen LogP contribution is -2.35. The molecule has 4 rings (SSSR count). The van der Waals surface area contributed by atoms with Gasteiger partial charge in [-0.2, -0.15) is 0 Å². The largest absolute Gasteiger partial charge is 0.497 e. The van der Waals surface area contributed by atoms with Crippen molar-refractivity contribution in [3.05, 3.63) is 65.9 Å². The van der Waals surface area contributed by atoms with E-state index in [2.05, 4.69) is 27.4 Å². The van der Waals surface area contributed by atoms with E-state index in [1.165, 1.54) is 16.5 Å². The highest BCUT2D eigenvalue weighted by Crippen LogP contribution is 2.22. The first-order valence-corrected chi connectivity index (χ1v) is 10.4. The molecule has 1 amide bonds. The zero-order valence-electron chi connectivity index (χ0n) is 15.8. The average molecular weight is 394 g/mol. The summed E-state index contributed by atoms with van der Waals surface area (Å²) in [4.78, 5) is 20.4. The minimum Gasteiger partial charge on any atom is -0.497 e. The molecule has 1 aliphatic rings. The van der Waals surface area contributed by atoms with Crippen LogP contribution in [0.5, 0.6) is 5.75 Å². The first kappa shape index (κ1) is 18.6. The molecular weight excluding hydrogens is 370 g/mol. The standard InChI is InChI=1S/C22H23N3O2S/c1-27-17-8-6-15(7-9-17)12-21-25-20(14-28-21)22(26)23-11-10-16-13-24-19-5-3-2-4-18(16)19/h2-9,13,20,24H,10-12,14H2,1H3,(H,23,26)/t20-/m0/s1. The predicted octanol–water partition coefficient (Wildman–Crippen LogP) is 3.59. The number of aromatic nitrogens is 1. The number of amides is 1. The molecule has 2 heterocycles. The van der Waals surface area contributed by atoms with Crippen LogP contribution in [-0.2, 0) is 17.6 Å². The Kier molecular flexibility index (Phi) is 5.67. The molecule has 1 aromatic heterocycles. The van der Waals surface area contributed by atoms with Crippen molar-refractivity contribution in [2.75, 3.05) is 19.4 Å². The molecule has 5 nitrogen and oxygen atoms in total. The van der Waals surface area contributed by atoms with Crippen molar-refractivity contribution in [3.8, 4) is 5.75 Å². The minimum atomic E-state index is -0.291. The molecule has 0 spiro atoms. The Hall–Kier alpha value is -2.73. The SMILES string of the molecule is COc1ccc(CC2=N[C@H](C(=O)NCCc3c[nH]c4ccccc34)CS2)cc1. The molecule has 28 heavy (non-hydrogen) atoms. The van der Waals surface area contributed by atoms with Crippen LogP contribution in [0.1, 0.15) is 11.1 Å². The van der Waals surface area contributed by atoms with Crippen molar-refractivity contribution in [2.45, 2.75) is 18.9 Å². The Morgan fingerprint density at radius 3 is 2.89 bits per heavy atom. The molecule has 144 valence electrons. The molecular formula is C22H23N3O2S. The maximum atomic E-state index is 12.5. The third-order valence-corrected chi connectivity index (χ3v) is 5.96. The monoisotopic (exact) mass is 393 g/mol. The van der Waals surface area contributed by atoms with Gasteiger partial charge in [0, 0.05) is 35.8 Å². The van der Waals surface area contributed by atoms with Crippen LogP contribution in [0.3, 0.4) is 0 Å². The normalized spacial score (nSPS) is 16.2. The number of para-hydroxylation sites is 1. The number of H-pyrrole nitrogens is 1. The zero-order chi connectivity index (χ0) is 19.3. The van der Waals surface area contributed by atoms with E-state index in [0.29, 0.717) is 12.3 Å². The summed E-state index contributed by atoms with van der Waals surface area (Å²) < 4.78 is 5.19. The number of hydrogen-bond acceptors (Lipinski definition) is 4. The quantitative estimate of drug-likeness (QED) is 0.645. The summed E-state index contributed by atoms with van der Waals surface area (Å²) in [7, 11) is 1.66. The highest BCUT2D eigenvalue weighted by Gasteiger charge is 2.24. The summed E-state index contributed by atoms with van der Waals surface area (Å²) in [6, 6.07) is 15.9. The lowest BCUT2D eigenvalue weighted by molar-refractivity contribution is -0.121. The third-order valence-electron chi connectivity index (χ3n) is 4.89. The van der Waals surface area contributed by atoms with E-state index in [4.69, 9.17) is 4.74 Å². The Bertz CT molecular complexity index is 994. The second-order valence-electron chi connectivity index (χ2n) is 6.78. The van der Waals surface area contributed by atoms with Crippen LogP contribution in [0.2, 0.25) is 0 Å². The Balaban J connectivity index is 1.29.